The first-order valence-corrected chi connectivity index (χ1v) is 4.98. The number of nitrogens with zero attached hydrogens (tertiary/aromatic N) is 3. The van der Waals surface area contributed by atoms with Crippen LogP contribution in [0, 0.1) is 11.3 Å². The predicted octanol–water partition coefficient (Wildman–Crippen LogP) is 1.96. The van der Waals surface area contributed by atoms with Gasteiger partial charge in [-0.05, 0) is 31.4 Å². The van der Waals surface area contributed by atoms with Crippen LogP contribution < -0.4 is 4.90 Å². The lowest BCUT2D eigenvalue weighted by Crippen LogP contribution is -2.38. The molecule has 3 nitrogen and oxygen atoms in total. The van der Waals surface area contributed by atoms with Crippen LogP contribution in [0.15, 0.2) is 24.5 Å². The normalized spacial score (nSPS) is 21.6. The van der Waals surface area contributed by atoms with Gasteiger partial charge in [-0.15, -0.1) is 0 Å². The smallest absolute Gasteiger partial charge is 0.116 e. The molecule has 1 aromatic heterocycles. The summed E-state index contributed by atoms with van der Waals surface area (Å²) in [6.07, 6.45) is 6.90. The molecule has 0 aromatic carbocycles. The fourth-order valence-corrected chi connectivity index (χ4v) is 1.90. The standard InChI is InChI=1S/C11H13N3/c12-8-10-4-1-2-7-14(10)11-5-3-6-13-9-11/h3,5-6,9-10H,1-2,4,7H2. The highest BCUT2D eigenvalue weighted by Gasteiger charge is 2.21. The van der Waals surface area contributed by atoms with E-state index in [1.807, 2.05) is 18.3 Å². The maximum absolute atomic E-state index is 9.01. The number of nitriles is 1. The molecule has 72 valence electrons. The van der Waals surface area contributed by atoms with E-state index in [4.69, 9.17) is 5.26 Å². The highest BCUT2D eigenvalue weighted by molar-refractivity contribution is 5.46. The molecular weight excluding hydrogens is 174 g/mol. The highest BCUT2D eigenvalue weighted by atomic mass is 15.2. The zero-order valence-electron chi connectivity index (χ0n) is 8.06. The molecule has 0 aliphatic carbocycles. The van der Waals surface area contributed by atoms with E-state index in [9.17, 15) is 0 Å². The molecule has 1 unspecified atom stereocenters. The van der Waals surface area contributed by atoms with Crippen LogP contribution >= 0.6 is 0 Å². The fourth-order valence-electron chi connectivity index (χ4n) is 1.90. The Balaban J connectivity index is 2.20. The van der Waals surface area contributed by atoms with Gasteiger partial charge in [0.2, 0.25) is 0 Å². The van der Waals surface area contributed by atoms with Gasteiger partial charge in [-0.3, -0.25) is 4.98 Å². The molecule has 1 aromatic rings. The Morgan fingerprint density at radius 1 is 1.50 bits per heavy atom. The third-order valence-electron chi connectivity index (χ3n) is 2.63. The van der Waals surface area contributed by atoms with Gasteiger partial charge in [0, 0.05) is 12.7 Å². The van der Waals surface area contributed by atoms with Crippen LogP contribution in [0.1, 0.15) is 19.3 Å². The van der Waals surface area contributed by atoms with Crippen molar-refractivity contribution in [2.75, 3.05) is 11.4 Å². The monoisotopic (exact) mass is 187 g/mol. The van der Waals surface area contributed by atoms with Crippen LogP contribution in [0.2, 0.25) is 0 Å². The minimum atomic E-state index is 0.0351. The van der Waals surface area contributed by atoms with Crippen LogP contribution in [0.3, 0.4) is 0 Å². The Kier molecular flexibility index (Phi) is 2.64. The van der Waals surface area contributed by atoms with Gasteiger partial charge in [0.05, 0.1) is 18.0 Å². The summed E-state index contributed by atoms with van der Waals surface area (Å²) in [5, 5.41) is 9.01. The van der Waals surface area contributed by atoms with Gasteiger partial charge >= 0.3 is 0 Å². The number of pyridine rings is 1. The van der Waals surface area contributed by atoms with Crippen molar-refractivity contribution in [1.29, 1.82) is 5.26 Å². The molecule has 0 bridgehead atoms. The molecule has 1 fully saturated rings. The van der Waals surface area contributed by atoms with Gasteiger partial charge in [0.25, 0.3) is 0 Å². The summed E-state index contributed by atoms with van der Waals surface area (Å²) in [6, 6.07) is 6.32. The molecule has 3 heteroatoms. The van der Waals surface area contributed by atoms with Gasteiger partial charge in [-0.25, -0.2) is 0 Å². The predicted molar refractivity (Wildman–Crippen MR) is 54.8 cm³/mol. The molecule has 1 aliphatic heterocycles. The number of rotatable bonds is 1. The second-order valence-corrected chi connectivity index (χ2v) is 3.55. The van der Waals surface area contributed by atoms with Crippen LogP contribution in [0.25, 0.3) is 0 Å². The maximum Gasteiger partial charge on any atom is 0.116 e. The molecule has 1 aliphatic rings. The van der Waals surface area contributed by atoms with Crippen molar-refractivity contribution < 1.29 is 0 Å². The number of aromatic nitrogens is 1. The summed E-state index contributed by atoms with van der Waals surface area (Å²) in [4.78, 5) is 6.23. The molecule has 0 spiro atoms. The minimum absolute atomic E-state index is 0.0351. The fraction of sp³-hybridized carbons (Fsp3) is 0.455. The summed E-state index contributed by atoms with van der Waals surface area (Å²) in [7, 11) is 0. The van der Waals surface area contributed by atoms with E-state index < -0.39 is 0 Å². The Morgan fingerprint density at radius 3 is 3.14 bits per heavy atom. The third-order valence-corrected chi connectivity index (χ3v) is 2.63. The van der Waals surface area contributed by atoms with Crippen molar-refractivity contribution in [2.45, 2.75) is 25.3 Å². The van der Waals surface area contributed by atoms with Crippen LogP contribution in [-0.4, -0.2) is 17.6 Å². The van der Waals surface area contributed by atoms with E-state index >= 15 is 0 Å². The molecule has 0 saturated carbocycles. The van der Waals surface area contributed by atoms with E-state index in [1.54, 1.807) is 6.20 Å². The zero-order chi connectivity index (χ0) is 9.80. The third kappa shape index (κ3) is 1.69. The molecule has 1 saturated heterocycles. The van der Waals surface area contributed by atoms with Gasteiger partial charge in [-0.1, -0.05) is 0 Å². The average Bonchev–Trinajstić information content (AvgIpc) is 2.30. The molecule has 1 atom stereocenters. The van der Waals surface area contributed by atoms with Gasteiger partial charge in [-0.2, -0.15) is 5.26 Å². The molecule has 2 heterocycles. The second-order valence-electron chi connectivity index (χ2n) is 3.55. The van der Waals surface area contributed by atoms with Gasteiger partial charge < -0.3 is 4.90 Å². The highest BCUT2D eigenvalue weighted by Crippen LogP contribution is 2.23. The largest absolute Gasteiger partial charge is 0.354 e. The Bertz CT molecular complexity index is 328. The quantitative estimate of drug-likeness (QED) is 0.674. The topological polar surface area (TPSA) is 39.9 Å². The van der Waals surface area contributed by atoms with Crippen molar-refractivity contribution in [3.05, 3.63) is 24.5 Å². The molecule has 0 N–H and O–H groups in total. The summed E-state index contributed by atoms with van der Waals surface area (Å²) in [5.41, 5.74) is 1.07. The lowest BCUT2D eigenvalue weighted by Gasteiger charge is -2.32. The van der Waals surface area contributed by atoms with Crippen molar-refractivity contribution in [3.63, 3.8) is 0 Å². The summed E-state index contributed by atoms with van der Waals surface area (Å²) in [6.45, 7) is 0.976. The van der Waals surface area contributed by atoms with E-state index in [0.29, 0.717) is 0 Å². The first-order valence-electron chi connectivity index (χ1n) is 4.98. The number of hydrogen-bond donors (Lipinski definition) is 0. The molecule has 0 radical (unpaired) electrons. The Hall–Kier alpha value is -1.56. The second kappa shape index (κ2) is 4.10. The minimum Gasteiger partial charge on any atom is -0.354 e. The number of hydrogen-bond acceptors (Lipinski definition) is 3. The van der Waals surface area contributed by atoms with Gasteiger partial charge in [0.15, 0.2) is 0 Å². The number of piperidine rings is 1. The lowest BCUT2D eigenvalue weighted by molar-refractivity contribution is 0.520. The number of anilines is 1. The average molecular weight is 187 g/mol. The first kappa shape index (κ1) is 9.01. The van der Waals surface area contributed by atoms with Gasteiger partial charge in [0.1, 0.15) is 6.04 Å². The maximum atomic E-state index is 9.01. The van der Waals surface area contributed by atoms with Crippen LogP contribution in [0.5, 0.6) is 0 Å². The first-order chi connectivity index (χ1) is 6.92. The zero-order valence-corrected chi connectivity index (χ0v) is 8.06. The van der Waals surface area contributed by atoms with E-state index in [1.165, 1.54) is 6.42 Å². The SMILES string of the molecule is N#CC1CCCCN1c1cccnc1. The Labute approximate surface area is 84.0 Å². The van der Waals surface area contributed by atoms with Crippen molar-refractivity contribution in [1.82, 2.24) is 4.98 Å². The lowest BCUT2D eigenvalue weighted by atomic mass is 10.0. The van der Waals surface area contributed by atoms with Crippen molar-refractivity contribution in [3.8, 4) is 6.07 Å². The molecular formula is C11H13N3. The van der Waals surface area contributed by atoms with Crippen molar-refractivity contribution in [2.24, 2.45) is 0 Å². The molecule has 0 amide bonds. The summed E-state index contributed by atoms with van der Waals surface area (Å²) >= 11 is 0. The van der Waals surface area contributed by atoms with E-state index in [-0.39, 0.29) is 6.04 Å². The Morgan fingerprint density at radius 2 is 2.43 bits per heavy atom. The van der Waals surface area contributed by atoms with E-state index in [0.717, 1.165) is 25.1 Å². The molecule has 14 heavy (non-hydrogen) atoms. The summed E-state index contributed by atoms with van der Waals surface area (Å²) < 4.78 is 0. The van der Waals surface area contributed by atoms with Crippen LogP contribution in [0.4, 0.5) is 5.69 Å². The molecule has 2 rings (SSSR count). The van der Waals surface area contributed by atoms with E-state index in [2.05, 4.69) is 16.0 Å². The van der Waals surface area contributed by atoms with Crippen LogP contribution in [-0.2, 0) is 0 Å². The summed E-state index contributed by atoms with van der Waals surface area (Å²) in [5.74, 6) is 0. The van der Waals surface area contributed by atoms with Crippen molar-refractivity contribution >= 4 is 5.69 Å².